The largest absolute Gasteiger partial charge is 0.446 e. The molecule has 1 aliphatic heterocycles. The summed E-state index contributed by atoms with van der Waals surface area (Å²) in [4.78, 5) is 31.7. The number of hydrogen-bond donors (Lipinski definition) is 3. The first-order valence-electron chi connectivity index (χ1n) is 12.3. The Hall–Kier alpha value is -2.06. The molecule has 33 heavy (non-hydrogen) atoms. The monoisotopic (exact) mass is 474 g/mol. The van der Waals surface area contributed by atoms with Crippen molar-refractivity contribution in [1.29, 1.82) is 0 Å². The number of rotatable bonds is 5. The van der Waals surface area contributed by atoms with Gasteiger partial charge in [-0.1, -0.05) is 11.6 Å². The highest BCUT2D eigenvalue weighted by Crippen LogP contribution is 2.56. The number of aromatic nitrogens is 1. The van der Waals surface area contributed by atoms with Crippen LogP contribution < -0.4 is 10.6 Å². The van der Waals surface area contributed by atoms with E-state index in [1.165, 1.54) is 6.20 Å². The van der Waals surface area contributed by atoms with E-state index in [1.807, 2.05) is 0 Å². The molecule has 5 aliphatic carbocycles. The van der Waals surface area contributed by atoms with E-state index in [9.17, 15) is 14.7 Å². The molecule has 1 saturated heterocycles. The first-order chi connectivity index (χ1) is 15.8. The van der Waals surface area contributed by atoms with E-state index >= 15 is 0 Å². The van der Waals surface area contributed by atoms with Gasteiger partial charge in [-0.25, -0.2) is 9.78 Å². The number of ether oxygens (including phenoxy) is 1. The van der Waals surface area contributed by atoms with E-state index in [4.69, 9.17) is 16.3 Å². The van der Waals surface area contributed by atoms with Crippen LogP contribution in [-0.2, 0) is 4.74 Å². The van der Waals surface area contributed by atoms with Gasteiger partial charge in [0.25, 0.3) is 5.91 Å². The number of aliphatic hydroxyl groups is 1. The Bertz CT molecular complexity index is 954. The Balaban J connectivity index is 1.07. The van der Waals surface area contributed by atoms with Crippen LogP contribution in [0.25, 0.3) is 0 Å². The normalized spacial score (nSPS) is 36.7. The number of hydrogen-bond acceptors (Lipinski definition) is 6. The Morgan fingerprint density at radius 3 is 2.61 bits per heavy atom. The maximum absolute atomic E-state index is 13.0. The number of pyridine rings is 1. The van der Waals surface area contributed by atoms with Gasteiger partial charge in [-0.3, -0.25) is 4.79 Å². The molecule has 1 aromatic rings. The van der Waals surface area contributed by atoms with Gasteiger partial charge in [0.1, 0.15) is 11.9 Å². The molecule has 3 atom stereocenters. The van der Waals surface area contributed by atoms with Gasteiger partial charge in [-0.05, 0) is 75.2 Å². The smallest absolute Gasteiger partial charge is 0.410 e. The highest BCUT2D eigenvalue weighted by atomic mass is 35.5. The van der Waals surface area contributed by atoms with E-state index in [-0.39, 0.29) is 42.0 Å². The minimum atomic E-state index is -0.531. The molecule has 1 aromatic heterocycles. The summed E-state index contributed by atoms with van der Waals surface area (Å²) in [7, 11) is 0. The number of nitrogens with zero attached hydrogens (tertiary/aromatic N) is 2. The minimum absolute atomic E-state index is 0.0158. The zero-order valence-corrected chi connectivity index (χ0v) is 19.4. The molecule has 3 N–H and O–H groups in total. The summed E-state index contributed by atoms with van der Waals surface area (Å²) in [6.45, 7) is 1.10. The highest BCUT2D eigenvalue weighted by molar-refractivity contribution is 6.31. The van der Waals surface area contributed by atoms with Crippen molar-refractivity contribution < 1.29 is 19.4 Å². The van der Waals surface area contributed by atoms with Crippen molar-refractivity contribution in [3.05, 3.63) is 22.8 Å². The van der Waals surface area contributed by atoms with Crippen LogP contribution in [0, 0.1) is 17.8 Å². The molecule has 0 radical (unpaired) electrons. The second kappa shape index (κ2) is 8.01. The Kier molecular flexibility index (Phi) is 5.21. The van der Waals surface area contributed by atoms with E-state index in [0.29, 0.717) is 35.4 Å². The van der Waals surface area contributed by atoms with Crippen LogP contribution in [0.3, 0.4) is 0 Å². The molecular weight excluding hydrogens is 444 g/mol. The van der Waals surface area contributed by atoms with Crippen LogP contribution in [-0.4, -0.2) is 63.9 Å². The summed E-state index contributed by atoms with van der Waals surface area (Å²) in [6.07, 6.45) is 8.52. The van der Waals surface area contributed by atoms with Gasteiger partial charge >= 0.3 is 6.09 Å². The predicted molar refractivity (Wildman–Crippen MR) is 122 cm³/mol. The molecular formula is C24H31ClN4O4. The van der Waals surface area contributed by atoms with Crippen molar-refractivity contribution >= 4 is 29.4 Å². The van der Waals surface area contributed by atoms with Crippen LogP contribution in [0.1, 0.15) is 61.7 Å². The predicted octanol–water partition coefficient (Wildman–Crippen LogP) is 3.19. The lowest BCUT2D eigenvalue weighted by Gasteiger charge is -2.57. The van der Waals surface area contributed by atoms with Crippen LogP contribution in [0.2, 0.25) is 5.02 Å². The van der Waals surface area contributed by atoms with E-state index in [1.54, 1.807) is 11.0 Å². The molecule has 4 bridgehead atoms. The number of amides is 2. The van der Waals surface area contributed by atoms with Crippen molar-refractivity contribution in [2.24, 2.45) is 17.8 Å². The highest BCUT2D eigenvalue weighted by Gasteiger charge is 2.56. The third-order valence-corrected chi connectivity index (χ3v) is 8.40. The maximum atomic E-state index is 13.0. The number of likely N-dealkylation sites (tertiary alicyclic amines) is 1. The van der Waals surface area contributed by atoms with Gasteiger partial charge in [0.2, 0.25) is 0 Å². The number of carbonyl (C=O) groups excluding carboxylic acids is 2. The maximum Gasteiger partial charge on any atom is 0.410 e. The van der Waals surface area contributed by atoms with E-state index in [0.717, 1.165) is 51.4 Å². The molecule has 8 nitrogen and oxygen atoms in total. The van der Waals surface area contributed by atoms with E-state index < -0.39 is 5.60 Å². The summed E-state index contributed by atoms with van der Waals surface area (Å²) < 4.78 is 6.03. The van der Waals surface area contributed by atoms with Crippen LogP contribution in [0.5, 0.6) is 0 Å². The quantitative estimate of drug-likeness (QED) is 0.605. The van der Waals surface area contributed by atoms with Crippen LogP contribution in [0.4, 0.5) is 10.6 Å². The molecule has 9 heteroatoms. The molecule has 2 amide bonds. The van der Waals surface area contributed by atoms with E-state index in [2.05, 4.69) is 15.6 Å². The van der Waals surface area contributed by atoms with Crippen molar-refractivity contribution in [3.8, 4) is 0 Å². The first-order valence-corrected chi connectivity index (χ1v) is 12.6. The molecule has 6 fully saturated rings. The van der Waals surface area contributed by atoms with Gasteiger partial charge in [0.15, 0.2) is 0 Å². The second-order valence-electron chi connectivity index (χ2n) is 10.9. The topological polar surface area (TPSA) is 104 Å². The third-order valence-electron chi connectivity index (χ3n) is 8.19. The number of anilines is 1. The van der Waals surface area contributed by atoms with Crippen molar-refractivity contribution in [1.82, 2.24) is 15.2 Å². The van der Waals surface area contributed by atoms with Gasteiger partial charge < -0.3 is 25.4 Å². The molecule has 0 aromatic carbocycles. The first kappa shape index (κ1) is 21.5. The number of nitrogens with one attached hydrogen (secondary N) is 2. The molecule has 5 saturated carbocycles. The summed E-state index contributed by atoms with van der Waals surface area (Å²) in [5.74, 6) is 1.47. The van der Waals surface area contributed by atoms with Gasteiger partial charge in [-0.15, -0.1) is 0 Å². The molecule has 6 aliphatic rings. The number of carbonyl (C=O) groups is 2. The van der Waals surface area contributed by atoms with Crippen molar-refractivity contribution in [2.75, 3.05) is 18.4 Å². The summed E-state index contributed by atoms with van der Waals surface area (Å²) in [5.41, 5.74) is -0.0982. The number of halogens is 1. The fourth-order valence-corrected chi connectivity index (χ4v) is 6.93. The molecule has 178 valence electrons. The Morgan fingerprint density at radius 1 is 1.15 bits per heavy atom. The lowest BCUT2D eigenvalue weighted by molar-refractivity contribution is -0.177. The molecule has 0 spiro atoms. The minimum Gasteiger partial charge on any atom is -0.446 e. The Morgan fingerprint density at radius 2 is 1.91 bits per heavy atom. The summed E-state index contributed by atoms with van der Waals surface area (Å²) in [5, 5.41) is 17.5. The zero-order valence-electron chi connectivity index (χ0n) is 18.6. The Labute approximate surface area is 198 Å². The average Bonchev–Trinajstić information content (AvgIpc) is 3.44. The molecule has 2 heterocycles. The van der Waals surface area contributed by atoms with Gasteiger partial charge in [0, 0.05) is 31.4 Å². The lowest BCUT2D eigenvalue weighted by Crippen LogP contribution is -2.58. The second-order valence-corrected chi connectivity index (χ2v) is 11.4. The lowest BCUT2D eigenvalue weighted by atomic mass is 9.53. The summed E-state index contributed by atoms with van der Waals surface area (Å²) >= 11 is 6.09. The van der Waals surface area contributed by atoms with Crippen molar-refractivity contribution in [3.63, 3.8) is 0 Å². The molecule has 7 rings (SSSR count). The van der Waals surface area contributed by atoms with Crippen LogP contribution >= 0.6 is 11.6 Å². The third kappa shape index (κ3) is 4.28. The average molecular weight is 475 g/mol. The van der Waals surface area contributed by atoms with Crippen LogP contribution in [0.15, 0.2) is 12.3 Å². The SMILES string of the molecule is O=C(NC1CC1)c1cc(Cl)cnc1N[C@@H]1CCN(C(=O)OC2C3CC4CC2CC(O)(C4)C3)C1. The van der Waals surface area contributed by atoms with Crippen molar-refractivity contribution in [2.45, 2.75) is 75.2 Å². The van der Waals surface area contributed by atoms with Gasteiger partial charge in [-0.2, -0.15) is 0 Å². The standard InChI is InChI=1S/C24H31ClN4O4/c25-16-7-19(22(30)28-17-1-2-17)21(26-11-16)27-18-3-4-29(12-18)23(31)33-20-14-5-13-6-15(20)10-24(32,8-13)9-14/h7,11,13-15,17-18,20,32H,1-6,8-10,12H2,(H,26,27)(H,28,30)/t13?,14?,15?,18-,20?,24?/m1/s1. The fraction of sp³-hybridized carbons (Fsp3) is 0.708. The molecule has 2 unspecified atom stereocenters. The zero-order chi connectivity index (χ0) is 22.7. The summed E-state index contributed by atoms with van der Waals surface area (Å²) in [6, 6.07) is 1.86. The fourth-order valence-electron chi connectivity index (χ4n) is 6.77. The van der Waals surface area contributed by atoms with Gasteiger partial charge in [0.05, 0.1) is 16.2 Å².